The van der Waals surface area contributed by atoms with Crippen molar-refractivity contribution in [1.29, 1.82) is 0 Å². The van der Waals surface area contributed by atoms with Crippen molar-refractivity contribution in [2.75, 3.05) is 32.9 Å². The zero-order valence-electron chi connectivity index (χ0n) is 11.1. The average Bonchev–Trinajstić information content (AvgIpc) is 2.84. The SMILES string of the molecule is CC1CCCCC1OCCNCC1CCOC1. The van der Waals surface area contributed by atoms with Crippen LogP contribution >= 0.6 is 0 Å². The Balaban J connectivity index is 1.47. The molecule has 1 heterocycles. The topological polar surface area (TPSA) is 30.5 Å². The van der Waals surface area contributed by atoms with Crippen molar-refractivity contribution in [1.82, 2.24) is 5.32 Å². The minimum Gasteiger partial charge on any atom is -0.381 e. The zero-order chi connectivity index (χ0) is 11.9. The Morgan fingerprint density at radius 1 is 1.24 bits per heavy atom. The van der Waals surface area contributed by atoms with Gasteiger partial charge in [-0.25, -0.2) is 0 Å². The monoisotopic (exact) mass is 241 g/mol. The number of hydrogen-bond donors (Lipinski definition) is 1. The fourth-order valence-corrected chi connectivity index (χ4v) is 2.86. The molecular formula is C14H27NO2. The summed E-state index contributed by atoms with van der Waals surface area (Å²) in [5, 5.41) is 3.48. The van der Waals surface area contributed by atoms with Crippen molar-refractivity contribution in [3.63, 3.8) is 0 Å². The Hall–Kier alpha value is -0.120. The molecule has 1 N–H and O–H groups in total. The molecule has 3 atom stereocenters. The molecular weight excluding hydrogens is 214 g/mol. The Morgan fingerprint density at radius 2 is 2.12 bits per heavy atom. The predicted molar refractivity (Wildman–Crippen MR) is 69.2 cm³/mol. The Kier molecular flexibility index (Phi) is 5.75. The lowest BCUT2D eigenvalue weighted by molar-refractivity contribution is -0.00334. The molecule has 2 fully saturated rings. The van der Waals surface area contributed by atoms with E-state index >= 15 is 0 Å². The first-order valence-electron chi connectivity index (χ1n) is 7.26. The highest BCUT2D eigenvalue weighted by Crippen LogP contribution is 2.25. The molecule has 3 nitrogen and oxygen atoms in total. The summed E-state index contributed by atoms with van der Waals surface area (Å²) in [5.74, 6) is 1.48. The third-order valence-electron chi connectivity index (χ3n) is 4.10. The van der Waals surface area contributed by atoms with Crippen LogP contribution in [0.2, 0.25) is 0 Å². The number of ether oxygens (including phenoxy) is 2. The molecule has 0 radical (unpaired) electrons. The van der Waals surface area contributed by atoms with Gasteiger partial charge in [-0.15, -0.1) is 0 Å². The van der Waals surface area contributed by atoms with Gasteiger partial charge in [0.15, 0.2) is 0 Å². The van der Waals surface area contributed by atoms with Gasteiger partial charge in [-0.05, 0) is 31.1 Å². The van der Waals surface area contributed by atoms with Gasteiger partial charge in [0.25, 0.3) is 0 Å². The first kappa shape index (κ1) is 13.3. The molecule has 3 unspecified atom stereocenters. The molecule has 0 aromatic rings. The molecule has 2 rings (SSSR count). The van der Waals surface area contributed by atoms with Gasteiger partial charge in [0.1, 0.15) is 0 Å². The summed E-state index contributed by atoms with van der Waals surface area (Å²) >= 11 is 0. The highest BCUT2D eigenvalue weighted by Gasteiger charge is 2.21. The molecule has 1 saturated heterocycles. The van der Waals surface area contributed by atoms with Crippen LogP contribution in [0, 0.1) is 11.8 Å². The van der Waals surface area contributed by atoms with E-state index in [0.29, 0.717) is 6.10 Å². The van der Waals surface area contributed by atoms with Crippen molar-refractivity contribution in [2.45, 2.75) is 45.1 Å². The van der Waals surface area contributed by atoms with Crippen LogP contribution in [0.15, 0.2) is 0 Å². The molecule has 3 heteroatoms. The van der Waals surface area contributed by atoms with Gasteiger partial charge in [-0.2, -0.15) is 0 Å². The first-order chi connectivity index (χ1) is 8.36. The van der Waals surface area contributed by atoms with E-state index in [0.717, 1.165) is 44.7 Å². The van der Waals surface area contributed by atoms with Gasteiger partial charge in [0.2, 0.25) is 0 Å². The minimum absolute atomic E-state index is 0.514. The van der Waals surface area contributed by atoms with Gasteiger partial charge in [0, 0.05) is 19.7 Å². The molecule has 0 spiro atoms. The predicted octanol–water partition coefficient (Wildman–Crippen LogP) is 2.21. The van der Waals surface area contributed by atoms with Crippen molar-refractivity contribution < 1.29 is 9.47 Å². The van der Waals surface area contributed by atoms with E-state index in [-0.39, 0.29) is 0 Å². The third kappa shape index (κ3) is 4.57. The second-order valence-corrected chi connectivity index (χ2v) is 5.60. The highest BCUT2D eigenvalue weighted by molar-refractivity contribution is 4.72. The molecule has 0 bridgehead atoms. The van der Waals surface area contributed by atoms with Crippen LogP contribution in [0.4, 0.5) is 0 Å². The summed E-state index contributed by atoms with van der Waals surface area (Å²) in [7, 11) is 0. The third-order valence-corrected chi connectivity index (χ3v) is 4.10. The van der Waals surface area contributed by atoms with Gasteiger partial charge >= 0.3 is 0 Å². The van der Waals surface area contributed by atoms with E-state index < -0.39 is 0 Å². The smallest absolute Gasteiger partial charge is 0.0601 e. The summed E-state index contributed by atoms with van der Waals surface area (Å²) < 4.78 is 11.3. The summed E-state index contributed by atoms with van der Waals surface area (Å²) in [6, 6.07) is 0. The lowest BCUT2D eigenvalue weighted by Gasteiger charge is -2.28. The standard InChI is InChI=1S/C14H27NO2/c1-12-4-2-3-5-14(12)17-9-7-15-10-13-6-8-16-11-13/h12-15H,2-11H2,1H3. The first-order valence-corrected chi connectivity index (χ1v) is 7.26. The molecule has 100 valence electrons. The number of nitrogens with one attached hydrogen (secondary N) is 1. The van der Waals surface area contributed by atoms with E-state index in [1.54, 1.807) is 0 Å². The van der Waals surface area contributed by atoms with Gasteiger partial charge in [-0.1, -0.05) is 19.8 Å². The normalized spacial score (nSPS) is 34.1. The Bertz CT molecular complexity index is 204. The Morgan fingerprint density at radius 3 is 2.88 bits per heavy atom. The van der Waals surface area contributed by atoms with E-state index in [9.17, 15) is 0 Å². The van der Waals surface area contributed by atoms with E-state index in [4.69, 9.17) is 9.47 Å². The van der Waals surface area contributed by atoms with E-state index in [2.05, 4.69) is 12.2 Å². The van der Waals surface area contributed by atoms with Crippen molar-refractivity contribution in [3.05, 3.63) is 0 Å². The van der Waals surface area contributed by atoms with Gasteiger partial charge < -0.3 is 14.8 Å². The molecule has 17 heavy (non-hydrogen) atoms. The van der Waals surface area contributed by atoms with E-state index in [1.165, 1.54) is 32.1 Å². The molecule has 0 amide bonds. The largest absolute Gasteiger partial charge is 0.381 e. The van der Waals surface area contributed by atoms with Crippen LogP contribution in [0.3, 0.4) is 0 Å². The second kappa shape index (κ2) is 7.34. The van der Waals surface area contributed by atoms with Crippen molar-refractivity contribution in [2.24, 2.45) is 11.8 Å². The minimum atomic E-state index is 0.514. The average molecular weight is 241 g/mol. The maximum absolute atomic E-state index is 5.97. The van der Waals surface area contributed by atoms with Gasteiger partial charge in [0.05, 0.1) is 19.3 Å². The zero-order valence-corrected chi connectivity index (χ0v) is 11.1. The summed E-state index contributed by atoms with van der Waals surface area (Å²) in [6.07, 6.45) is 7.08. The van der Waals surface area contributed by atoms with Crippen LogP contribution in [0.5, 0.6) is 0 Å². The maximum atomic E-state index is 5.97. The molecule has 0 aromatic carbocycles. The van der Waals surface area contributed by atoms with Gasteiger partial charge in [-0.3, -0.25) is 0 Å². The van der Waals surface area contributed by atoms with Crippen molar-refractivity contribution >= 4 is 0 Å². The number of rotatable bonds is 6. The lowest BCUT2D eigenvalue weighted by Crippen LogP contribution is -2.31. The van der Waals surface area contributed by atoms with E-state index in [1.807, 2.05) is 0 Å². The second-order valence-electron chi connectivity index (χ2n) is 5.60. The fourth-order valence-electron chi connectivity index (χ4n) is 2.86. The maximum Gasteiger partial charge on any atom is 0.0601 e. The number of hydrogen-bond acceptors (Lipinski definition) is 3. The summed E-state index contributed by atoms with van der Waals surface area (Å²) in [5.41, 5.74) is 0. The molecule has 1 saturated carbocycles. The van der Waals surface area contributed by atoms with Crippen LogP contribution < -0.4 is 5.32 Å². The molecule has 0 aromatic heterocycles. The fraction of sp³-hybridized carbons (Fsp3) is 1.00. The molecule has 2 aliphatic rings. The van der Waals surface area contributed by atoms with Crippen molar-refractivity contribution in [3.8, 4) is 0 Å². The molecule has 1 aliphatic carbocycles. The summed E-state index contributed by atoms with van der Waals surface area (Å²) in [6.45, 7) is 7.15. The van der Waals surface area contributed by atoms with Crippen LogP contribution in [-0.2, 0) is 9.47 Å². The van der Waals surface area contributed by atoms with Crippen LogP contribution in [-0.4, -0.2) is 39.0 Å². The lowest BCUT2D eigenvalue weighted by atomic mass is 9.88. The van der Waals surface area contributed by atoms with Crippen LogP contribution in [0.1, 0.15) is 39.0 Å². The molecule has 1 aliphatic heterocycles. The quantitative estimate of drug-likeness (QED) is 0.723. The highest BCUT2D eigenvalue weighted by atomic mass is 16.5. The summed E-state index contributed by atoms with van der Waals surface area (Å²) in [4.78, 5) is 0. The van der Waals surface area contributed by atoms with Crippen LogP contribution in [0.25, 0.3) is 0 Å². The Labute approximate surface area is 105 Å².